The Labute approximate surface area is 101 Å². The highest BCUT2D eigenvalue weighted by atomic mass is 19.1. The highest BCUT2D eigenvalue weighted by Crippen LogP contribution is 2.31. The van der Waals surface area contributed by atoms with Gasteiger partial charge in [-0.1, -0.05) is 13.0 Å². The van der Waals surface area contributed by atoms with Gasteiger partial charge in [0, 0.05) is 16.8 Å². The van der Waals surface area contributed by atoms with E-state index < -0.39 is 12.1 Å². The molecule has 92 valence electrons. The summed E-state index contributed by atoms with van der Waals surface area (Å²) in [6.45, 7) is 3.55. The SMILES string of the molecule is CNC(C)C(C)(CF)c1ccc2occc2c1. The Bertz CT molecular complexity index is 508. The monoisotopic (exact) mass is 235 g/mol. The van der Waals surface area contributed by atoms with Crippen LogP contribution in [-0.4, -0.2) is 19.8 Å². The molecule has 17 heavy (non-hydrogen) atoms. The predicted molar refractivity (Wildman–Crippen MR) is 68.1 cm³/mol. The minimum atomic E-state index is -0.514. The normalized spacial score (nSPS) is 16.9. The summed E-state index contributed by atoms with van der Waals surface area (Å²) in [7, 11) is 1.86. The largest absolute Gasteiger partial charge is 0.464 e. The second-order valence-electron chi connectivity index (χ2n) is 4.73. The first-order valence-corrected chi connectivity index (χ1v) is 5.83. The van der Waals surface area contributed by atoms with Gasteiger partial charge in [-0.2, -0.15) is 0 Å². The number of alkyl halides is 1. The summed E-state index contributed by atoms with van der Waals surface area (Å²) in [5, 5.41) is 4.15. The molecule has 2 nitrogen and oxygen atoms in total. The lowest BCUT2D eigenvalue weighted by atomic mass is 9.77. The maximum absolute atomic E-state index is 13.4. The van der Waals surface area contributed by atoms with Gasteiger partial charge in [0.25, 0.3) is 0 Å². The second kappa shape index (κ2) is 4.49. The molecule has 0 aliphatic carbocycles. The van der Waals surface area contributed by atoms with Crippen LogP contribution in [-0.2, 0) is 5.41 Å². The van der Waals surface area contributed by atoms with Crippen molar-refractivity contribution in [1.29, 1.82) is 0 Å². The van der Waals surface area contributed by atoms with Crippen molar-refractivity contribution in [2.75, 3.05) is 13.7 Å². The van der Waals surface area contributed by atoms with E-state index in [1.807, 2.05) is 45.2 Å². The third kappa shape index (κ3) is 1.95. The van der Waals surface area contributed by atoms with E-state index in [9.17, 15) is 4.39 Å². The summed E-state index contributed by atoms with van der Waals surface area (Å²) in [6, 6.07) is 7.82. The van der Waals surface area contributed by atoms with E-state index in [-0.39, 0.29) is 6.04 Å². The molecule has 2 unspecified atom stereocenters. The molecule has 0 bridgehead atoms. The molecular formula is C14H18FNO. The van der Waals surface area contributed by atoms with E-state index >= 15 is 0 Å². The molecule has 0 aliphatic heterocycles. The highest BCUT2D eigenvalue weighted by Gasteiger charge is 2.32. The molecule has 2 rings (SSSR count). The van der Waals surface area contributed by atoms with Gasteiger partial charge in [0.1, 0.15) is 12.3 Å². The number of fused-ring (bicyclic) bond motifs is 1. The quantitative estimate of drug-likeness (QED) is 0.879. The molecule has 0 fully saturated rings. The predicted octanol–water partition coefficient (Wildman–Crippen LogP) is 3.27. The minimum absolute atomic E-state index is 0.0665. The average molecular weight is 235 g/mol. The summed E-state index contributed by atoms with van der Waals surface area (Å²) >= 11 is 0. The van der Waals surface area contributed by atoms with Crippen LogP contribution in [0, 0.1) is 0 Å². The molecule has 1 N–H and O–H groups in total. The molecule has 0 radical (unpaired) electrons. The third-order valence-electron chi connectivity index (χ3n) is 3.78. The lowest BCUT2D eigenvalue weighted by molar-refractivity contribution is 0.266. The zero-order chi connectivity index (χ0) is 12.5. The fourth-order valence-corrected chi connectivity index (χ4v) is 2.08. The van der Waals surface area contributed by atoms with Crippen molar-refractivity contribution in [2.45, 2.75) is 25.3 Å². The number of nitrogens with one attached hydrogen (secondary N) is 1. The zero-order valence-corrected chi connectivity index (χ0v) is 10.5. The number of furan rings is 1. The van der Waals surface area contributed by atoms with E-state index in [1.165, 1.54) is 0 Å². The summed E-state index contributed by atoms with van der Waals surface area (Å²) < 4.78 is 18.7. The van der Waals surface area contributed by atoms with Crippen molar-refractivity contribution < 1.29 is 8.81 Å². The van der Waals surface area contributed by atoms with Crippen LogP contribution in [0.25, 0.3) is 11.0 Å². The smallest absolute Gasteiger partial charge is 0.133 e. The van der Waals surface area contributed by atoms with Gasteiger partial charge in [0.2, 0.25) is 0 Å². The van der Waals surface area contributed by atoms with E-state index in [1.54, 1.807) is 6.26 Å². The Hall–Kier alpha value is -1.35. The first-order valence-electron chi connectivity index (χ1n) is 5.83. The van der Waals surface area contributed by atoms with Gasteiger partial charge in [-0.3, -0.25) is 4.39 Å². The number of benzene rings is 1. The fourth-order valence-electron chi connectivity index (χ4n) is 2.08. The average Bonchev–Trinajstić information content (AvgIpc) is 2.83. The van der Waals surface area contributed by atoms with Crippen molar-refractivity contribution in [1.82, 2.24) is 5.32 Å². The van der Waals surface area contributed by atoms with Crippen molar-refractivity contribution in [3.05, 3.63) is 36.1 Å². The van der Waals surface area contributed by atoms with E-state index in [0.717, 1.165) is 16.5 Å². The summed E-state index contributed by atoms with van der Waals surface area (Å²) in [5.41, 5.74) is 1.32. The van der Waals surface area contributed by atoms with Crippen molar-refractivity contribution >= 4 is 11.0 Å². The van der Waals surface area contributed by atoms with Crippen LogP contribution in [0.2, 0.25) is 0 Å². The molecule has 1 heterocycles. The molecule has 2 atom stereocenters. The van der Waals surface area contributed by atoms with Gasteiger partial charge >= 0.3 is 0 Å². The first kappa shape index (κ1) is 12.1. The van der Waals surface area contributed by atoms with Crippen LogP contribution in [0.1, 0.15) is 19.4 Å². The number of likely N-dealkylation sites (N-methyl/N-ethyl adjacent to an activating group) is 1. The van der Waals surface area contributed by atoms with Crippen molar-refractivity contribution in [3.8, 4) is 0 Å². The van der Waals surface area contributed by atoms with Crippen LogP contribution in [0.3, 0.4) is 0 Å². The summed E-state index contributed by atoms with van der Waals surface area (Å²) in [6.07, 6.45) is 1.66. The van der Waals surface area contributed by atoms with Crippen LogP contribution in [0.15, 0.2) is 34.9 Å². The molecule has 0 aliphatic rings. The lowest BCUT2D eigenvalue weighted by Crippen LogP contribution is -2.44. The van der Waals surface area contributed by atoms with Crippen LogP contribution >= 0.6 is 0 Å². The molecule has 1 aromatic heterocycles. The molecule has 2 aromatic rings. The maximum Gasteiger partial charge on any atom is 0.133 e. The van der Waals surface area contributed by atoms with Gasteiger partial charge in [-0.05, 0) is 37.7 Å². The van der Waals surface area contributed by atoms with Gasteiger partial charge in [-0.15, -0.1) is 0 Å². The van der Waals surface area contributed by atoms with Gasteiger partial charge in [-0.25, -0.2) is 0 Å². The molecule has 1 aromatic carbocycles. The molecular weight excluding hydrogens is 217 g/mol. The van der Waals surface area contributed by atoms with Gasteiger partial charge < -0.3 is 9.73 Å². The van der Waals surface area contributed by atoms with Gasteiger partial charge in [0.15, 0.2) is 0 Å². The Balaban J connectivity index is 2.48. The Morgan fingerprint density at radius 3 is 2.82 bits per heavy atom. The number of hydrogen-bond acceptors (Lipinski definition) is 2. The molecule has 0 spiro atoms. The third-order valence-corrected chi connectivity index (χ3v) is 3.78. The second-order valence-corrected chi connectivity index (χ2v) is 4.73. The van der Waals surface area contributed by atoms with E-state index in [2.05, 4.69) is 5.32 Å². The van der Waals surface area contributed by atoms with Crippen molar-refractivity contribution in [3.63, 3.8) is 0 Å². The Kier molecular flexibility index (Phi) is 3.20. The van der Waals surface area contributed by atoms with E-state index in [4.69, 9.17) is 4.42 Å². The fraction of sp³-hybridized carbons (Fsp3) is 0.429. The van der Waals surface area contributed by atoms with Crippen LogP contribution in [0.5, 0.6) is 0 Å². The first-order chi connectivity index (χ1) is 8.11. The standard InChI is InChI=1S/C14H18FNO/c1-10(16-3)14(2,9-15)12-4-5-13-11(8-12)6-7-17-13/h4-8,10,16H,9H2,1-3H3. The molecule has 3 heteroatoms. The maximum atomic E-state index is 13.4. The number of rotatable bonds is 4. The van der Waals surface area contributed by atoms with Crippen LogP contribution < -0.4 is 5.32 Å². The topological polar surface area (TPSA) is 25.2 Å². The molecule has 0 saturated carbocycles. The summed E-state index contributed by atoms with van der Waals surface area (Å²) in [4.78, 5) is 0. The Morgan fingerprint density at radius 2 is 2.18 bits per heavy atom. The van der Waals surface area contributed by atoms with Crippen LogP contribution in [0.4, 0.5) is 4.39 Å². The molecule has 0 amide bonds. The number of halogens is 1. The number of hydrogen-bond donors (Lipinski definition) is 1. The van der Waals surface area contributed by atoms with E-state index in [0.29, 0.717) is 0 Å². The lowest BCUT2D eigenvalue weighted by Gasteiger charge is -2.33. The van der Waals surface area contributed by atoms with Gasteiger partial charge in [0.05, 0.1) is 6.26 Å². The zero-order valence-electron chi connectivity index (χ0n) is 10.5. The Morgan fingerprint density at radius 1 is 1.41 bits per heavy atom. The minimum Gasteiger partial charge on any atom is -0.464 e. The summed E-state index contributed by atoms with van der Waals surface area (Å²) in [5.74, 6) is 0. The molecule has 0 saturated heterocycles. The highest BCUT2D eigenvalue weighted by molar-refractivity contribution is 5.78. The van der Waals surface area contributed by atoms with Crippen molar-refractivity contribution in [2.24, 2.45) is 0 Å².